The lowest BCUT2D eigenvalue weighted by Gasteiger charge is -2.12. The Balaban J connectivity index is 1.90. The van der Waals surface area contributed by atoms with Gasteiger partial charge in [0.05, 0.1) is 0 Å². The highest BCUT2D eigenvalue weighted by atomic mass is 35.5. The summed E-state index contributed by atoms with van der Waals surface area (Å²) in [5.74, 6) is 1.10. The minimum absolute atomic E-state index is 0.152. The number of carbonyl (C=O) groups excluding carboxylic acids is 1. The summed E-state index contributed by atoms with van der Waals surface area (Å²) in [6.45, 7) is 6.37. The van der Waals surface area contributed by atoms with Crippen LogP contribution in [0.5, 0.6) is 0 Å². The number of aromatic nitrogens is 1. The first-order valence-electron chi connectivity index (χ1n) is 6.62. The number of urea groups is 1. The Kier molecular flexibility index (Phi) is 4.53. The lowest BCUT2D eigenvalue weighted by atomic mass is 9.93. The van der Waals surface area contributed by atoms with Gasteiger partial charge in [-0.2, -0.15) is 0 Å². The molecule has 0 fully saturated rings. The van der Waals surface area contributed by atoms with Gasteiger partial charge >= 0.3 is 6.03 Å². The minimum Gasteiger partial charge on any atom is -0.359 e. The average Bonchev–Trinajstić information content (AvgIpc) is 2.86. The van der Waals surface area contributed by atoms with E-state index in [9.17, 15) is 4.79 Å². The summed E-state index contributed by atoms with van der Waals surface area (Å²) in [5.41, 5.74) is 0.700. The normalized spacial score (nSPS) is 11.2. The van der Waals surface area contributed by atoms with E-state index in [1.165, 1.54) is 0 Å². The number of benzene rings is 1. The van der Waals surface area contributed by atoms with Crippen LogP contribution in [0.1, 0.15) is 32.1 Å². The standard InChI is InChI=1S/C15H18ClN3O2/c1-15(2,3)12-8-13(19-21-12)18-14(20)17-9-10-6-4-5-7-11(10)16/h4-8H,9H2,1-3H3,(H2,17,18,19,20). The molecule has 112 valence electrons. The van der Waals surface area contributed by atoms with Crippen molar-refractivity contribution in [3.63, 3.8) is 0 Å². The first-order valence-corrected chi connectivity index (χ1v) is 6.99. The van der Waals surface area contributed by atoms with Crippen molar-refractivity contribution in [1.29, 1.82) is 0 Å². The maximum Gasteiger partial charge on any atom is 0.320 e. The smallest absolute Gasteiger partial charge is 0.320 e. The van der Waals surface area contributed by atoms with E-state index in [1.54, 1.807) is 12.1 Å². The molecule has 2 amide bonds. The molecule has 5 nitrogen and oxygen atoms in total. The monoisotopic (exact) mass is 307 g/mol. The van der Waals surface area contributed by atoms with Crippen molar-refractivity contribution in [2.75, 3.05) is 5.32 Å². The van der Waals surface area contributed by atoms with Crippen LogP contribution in [0, 0.1) is 0 Å². The number of carbonyl (C=O) groups is 1. The van der Waals surface area contributed by atoms with E-state index >= 15 is 0 Å². The fraction of sp³-hybridized carbons (Fsp3) is 0.333. The van der Waals surface area contributed by atoms with E-state index in [2.05, 4.69) is 15.8 Å². The van der Waals surface area contributed by atoms with Crippen molar-refractivity contribution in [2.45, 2.75) is 32.7 Å². The van der Waals surface area contributed by atoms with Crippen molar-refractivity contribution in [2.24, 2.45) is 0 Å². The van der Waals surface area contributed by atoms with E-state index in [4.69, 9.17) is 16.1 Å². The van der Waals surface area contributed by atoms with Gasteiger partial charge in [0, 0.05) is 23.0 Å². The lowest BCUT2D eigenvalue weighted by molar-refractivity contribution is 0.251. The average molecular weight is 308 g/mol. The maximum absolute atomic E-state index is 11.8. The Hall–Kier alpha value is -2.01. The third-order valence-electron chi connectivity index (χ3n) is 2.89. The number of nitrogens with one attached hydrogen (secondary N) is 2. The van der Waals surface area contributed by atoms with Crippen molar-refractivity contribution in [3.05, 3.63) is 46.7 Å². The molecule has 0 radical (unpaired) electrons. The Labute approximate surface area is 128 Å². The van der Waals surface area contributed by atoms with Crippen LogP contribution < -0.4 is 10.6 Å². The highest BCUT2D eigenvalue weighted by Crippen LogP contribution is 2.24. The van der Waals surface area contributed by atoms with Gasteiger partial charge in [0.25, 0.3) is 0 Å². The zero-order valence-electron chi connectivity index (χ0n) is 12.2. The third kappa shape index (κ3) is 4.23. The number of nitrogens with zero attached hydrogens (tertiary/aromatic N) is 1. The largest absolute Gasteiger partial charge is 0.359 e. The van der Waals surface area contributed by atoms with E-state index in [-0.39, 0.29) is 11.4 Å². The van der Waals surface area contributed by atoms with E-state index in [0.29, 0.717) is 23.1 Å². The molecule has 0 aliphatic rings. The second kappa shape index (κ2) is 6.18. The predicted octanol–water partition coefficient (Wildman–Crippen LogP) is 3.95. The van der Waals surface area contributed by atoms with Crippen molar-refractivity contribution < 1.29 is 9.32 Å². The summed E-state index contributed by atoms with van der Waals surface area (Å²) < 4.78 is 5.20. The molecule has 0 aliphatic carbocycles. The molecule has 0 saturated carbocycles. The summed E-state index contributed by atoms with van der Waals surface area (Å²) in [7, 11) is 0. The fourth-order valence-electron chi connectivity index (χ4n) is 1.67. The third-order valence-corrected chi connectivity index (χ3v) is 3.26. The van der Waals surface area contributed by atoms with Gasteiger partial charge in [-0.15, -0.1) is 0 Å². The molecular formula is C15H18ClN3O2. The van der Waals surface area contributed by atoms with E-state index < -0.39 is 0 Å². The van der Waals surface area contributed by atoms with Crippen LogP contribution in [-0.2, 0) is 12.0 Å². The van der Waals surface area contributed by atoms with Gasteiger partial charge in [-0.3, -0.25) is 5.32 Å². The van der Waals surface area contributed by atoms with Gasteiger partial charge < -0.3 is 9.84 Å². The van der Waals surface area contributed by atoms with Gasteiger partial charge in [0.15, 0.2) is 5.82 Å². The van der Waals surface area contributed by atoms with Crippen LogP contribution in [0.15, 0.2) is 34.9 Å². The summed E-state index contributed by atoms with van der Waals surface area (Å²) in [6, 6.07) is 8.71. The van der Waals surface area contributed by atoms with Crippen LogP contribution in [0.4, 0.5) is 10.6 Å². The summed E-state index contributed by atoms with van der Waals surface area (Å²) in [5, 5.41) is 9.79. The molecule has 0 saturated heterocycles. The highest BCUT2D eigenvalue weighted by molar-refractivity contribution is 6.31. The first-order chi connectivity index (χ1) is 9.86. The summed E-state index contributed by atoms with van der Waals surface area (Å²) in [6.07, 6.45) is 0. The molecule has 1 aromatic carbocycles. The fourth-order valence-corrected chi connectivity index (χ4v) is 1.87. The van der Waals surface area contributed by atoms with Gasteiger partial charge in [-0.05, 0) is 11.6 Å². The molecule has 0 spiro atoms. The second-order valence-electron chi connectivity index (χ2n) is 5.73. The van der Waals surface area contributed by atoms with E-state index in [0.717, 1.165) is 5.56 Å². The Morgan fingerprint density at radius 1 is 1.33 bits per heavy atom. The van der Waals surface area contributed by atoms with Gasteiger partial charge in [-0.1, -0.05) is 55.7 Å². The van der Waals surface area contributed by atoms with Gasteiger partial charge in [0.1, 0.15) is 5.76 Å². The highest BCUT2D eigenvalue weighted by Gasteiger charge is 2.20. The van der Waals surface area contributed by atoms with Crippen LogP contribution >= 0.6 is 11.6 Å². The molecule has 0 aliphatic heterocycles. The molecule has 6 heteroatoms. The molecule has 0 unspecified atom stereocenters. The topological polar surface area (TPSA) is 67.2 Å². The van der Waals surface area contributed by atoms with Crippen molar-refractivity contribution in [1.82, 2.24) is 10.5 Å². The van der Waals surface area contributed by atoms with Gasteiger partial charge in [-0.25, -0.2) is 4.79 Å². The minimum atomic E-state index is -0.358. The zero-order chi connectivity index (χ0) is 15.5. The quantitative estimate of drug-likeness (QED) is 0.902. The molecule has 0 atom stereocenters. The molecule has 2 rings (SSSR count). The number of amides is 2. The Bertz CT molecular complexity index is 632. The van der Waals surface area contributed by atoms with Crippen LogP contribution in [0.2, 0.25) is 5.02 Å². The van der Waals surface area contributed by atoms with Crippen molar-refractivity contribution in [3.8, 4) is 0 Å². The molecule has 1 aromatic heterocycles. The number of halogens is 1. The number of rotatable bonds is 3. The Morgan fingerprint density at radius 3 is 2.67 bits per heavy atom. The number of hydrogen-bond acceptors (Lipinski definition) is 3. The summed E-state index contributed by atoms with van der Waals surface area (Å²) >= 11 is 6.02. The lowest BCUT2D eigenvalue weighted by Crippen LogP contribution is -2.28. The van der Waals surface area contributed by atoms with Crippen LogP contribution in [-0.4, -0.2) is 11.2 Å². The SMILES string of the molecule is CC(C)(C)c1cc(NC(=O)NCc2ccccc2Cl)no1. The molecule has 21 heavy (non-hydrogen) atoms. The molecular weight excluding hydrogens is 290 g/mol. The van der Waals surface area contributed by atoms with Gasteiger partial charge in [0.2, 0.25) is 0 Å². The zero-order valence-corrected chi connectivity index (χ0v) is 13.0. The molecule has 2 aromatic rings. The van der Waals surface area contributed by atoms with E-state index in [1.807, 2.05) is 39.0 Å². The van der Waals surface area contributed by atoms with Crippen molar-refractivity contribution >= 4 is 23.4 Å². The first kappa shape index (κ1) is 15.4. The molecule has 1 heterocycles. The van der Waals surface area contributed by atoms with Crippen LogP contribution in [0.25, 0.3) is 0 Å². The van der Waals surface area contributed by atoms with Crippen LogP contribution in [0.3, 0.4) is 0 Å². The Morgan fingerprint density at radius 2 is 2.05 bits per heavy atom. The number of hydrogen-bond donors (Lipinski definition) is 2. The number of anilines is 1. The predicted molar refractivity (Wildman–Crippen MR) is 82.5 cm³/mol. The second-order valence-corrected chi connectivity index (χ2v) is 6.13. The molecule has 2 N–H and O–H groups in total. The maximum atomic E-state index is 11.8. The summed E-state index contributed by atoms with van der Waals surface area (Å²) in [4.78, 5) is 11.8. The molecule has 0 bridgehead atoms.